The zero-order chi connectivity index (χ0) is 29.3. The van der Waals surface area contributed by atoms with Crippen LogP contribution in [0.15, 0.2) is 36.4 Å². The van der Waals surface area contributed by atoms with E-state index in [2.05, 4.69) is 10.2 Å². The Morgan fingerprint density at radius 3 is 2.10 bits per heavy atom. The third-order valence-electron chi connectivity index (χ3n) is 5.84. The fourth-order valence-corrected chi connectivity index (χ4v) is 3.79. The summed E-state index contributed by atoms with van der Waals surface area (Å²) in [5.74, 6) is -5.27. The summed E-state index contributed by atoms with van der Waals surface area (Å²) in [6.45, 7) is 5.32. The number of aliphatic carboxylic acids is 1. The van der Waals surface area contributed by atoms with E-state index in [-0.39, 0.29) is 25.2 Å². The highest BCUT2D eigenvalue weighted by molar-refractivity contribution is 5.74. The lowest BCUT2D eigenvalue weighted by atomic mass is 10.0. The second-order valence-corrected chi connectivity index (χ2v) is 9.26. The molecule has 0 aliphatic carbocycles. The van der Waals surface area contributed by atoms with Crippen molar-refractivity contribution < 1.29 is 45.8 Å². The second-order valence-electron chi connectivity index (χ2n) is 9.26. The topological polar surface area (TPSA) is 82.1 Å². The number of amides is 2. The van der Waals surface area contributed by atoms with E-state index < -0.39 is 41.2 Å². The summed E-state index contributed by atoms with van der Waals surface area (Å²) in [7, 11) is 1.99. The molecule has 0 unspecified atom stereocenters. The Kier molecular flexibility index (Phi) is 11.4. The van der Waals surface area contributed by atoms with Crippen molar-refractivity contribution in [1.29, 1.82) is 0 Å². The number of hydrogen-bond acceptors (Lipinski definition) is 4. The largest absolute Gasteiger partial charge is 0.491 e. The monoisotopic (exact) mass is 563 g/mol. The van der Waals surface area contributed by atoms with Crippen molar-refractivity contribution in [2.75, 3.05) is 20.1 Å². The second kappa shape index (κ2) is 14.1. The molecular weight excluding hydrogens is 532 g/mol. The van der Waals surface area contributed by atoms with Gasteiger partial charge in [0.05, 0.1) is 12.6 Å². The predicted octanol–water partition coefficient (Wildman–Crippen LogP) is 5.33. The van der Waals surface area contributed by atoms with E-state index in [0.717, 1.165) is 36.5 Å². The van der Waals surface area contributed by atoms with Crippen LogP contribution in [-0.2, 0) is 17.9 Å². The normalized spacial score (nSPS) is 14.4. The molecular formula is C26H31F6N3O4. The van der Waals surface area contributed by atoms with E-state index in [1.54, 1.807) is 0 Å². The van der Waals surface area contributed by atoms with Gasteiger partial charge in [-0.2, -0.15) is 13.2 Å². The number of likely N-dealkylation sites (tertiary alicyclic amines) is 1. The van der Waals surface area contributed by atoms with Gasteiger partial charge in [0.25, 0.3) is 0 Å². The summed E-state index contributed by atoms with van der Waals surface area (Å²) in [4.78, 5) is 25.5. The van der Waals surface area contributed by atoms with Crippen molar-refractivity contribution >= 4 is 12.0 Å². The van der Waals surface area contributed by atoms with Crippen LogP contribution >= 0.6 is 0 Å². The van der Waals surface area contributed by atoms with Gasteiger partial charge in [0.15, 0.2) is 11.6 Å². The number of ether oxygens (including phenoxy) is 1. The van der Waals surface area contributed by atoms with Crippen LogP contribution in [0.2, 0.25) is 0 Å². The summed E-state index contributed by atoms with van der Waals surface area (Å²) in [5.41, 5.74) is 0.426. The van der Waals surface area contributed by atoms with E-state index in [1.807, 2.05) is 45.2 Å². The Bertz CT molecular complexity index is 1100. The Balaban J connectivity index is 0.000000673. The molecule has 0 bridgehead atoms. The lowest BCUT2D eigenvalue weighted by molar-refractivity contribution is -0.192. The summed E-state index contributed by atoms with van der Waals surface area (Å²) in [6, 6.07) is 8.36. The van der Waals surface area contributed by atoms with Crippen molar-refractivity contribution in [2.24, 2.45) is 0 Å². The lowest BCUT2D eigenvalue weighted by Gasteiger charge is -2.37. The van der Waals surface area contributed by atoms with Gasteiger partial charge in [0.1, 0.15) is 11.6 Å². The van der Waals surface area contributed by atoms with Crippen LogP contribution in [0.4, 0.5) is 31.1 Å². The molecule has 39 heavy (non-hydrogen) atoms. The van der Waals surface area contributed by atoms with Crippen molar-refractivity contribution in [2.45, 2.75) is 58.1 Å². The van der Waals surface area contributed by atoms with E-state index in [0.29, 0.717) is 12.8 Å². The Hall–Kier alpha value is -3.48. The first-order chi connectivity index (χ1) is 18.2. The third-order valence-corrected chi connectivity index (χ3v) is 5.84. The molecule has 216 valence electrons. The number of alkyl halides is 3. The summed E-state index contributed by atoms with van der Waals surface area (Å²) < 4.78 is 79.6. The van der Waals surface area contributed by atoms with Gasteiger partial charge >= 0.3 is 18.2 Å². The van der Waals surface area contributed by atoms with Crippen LogP contribution in [-0.4, -0.2) is 65.4 Å². The van der Waals surface area contributed by atoms with Crippen LogP contribution in [0.25, 0.3) is 0 Å². The van der Waals surface area contributed by atoms with Crippen LogP contribution in [0.3, 0.4) is 0 Å². The van der Waals surface area contributed by atoms with Crippen LogP contribution in [0, 0.1) is 17.5 Å². The van der Waals surface area contributed by atoms with Crippen LogP contribution < -0.4 is 10.1 Å². The predicted molar refractivity (Wildman–Crippen MR) is 131 cm³/mol. The Morgan fingerprint density at radius 2 is 1.59 bits per heavy atom. The minimum absolute atomic E-state index is 0.0623. The van der Waals surface area contributed by atoms with Crippen molar-refractivity contribution in [3.63, 3.8) is 0 Å². The van der Waals surface area contributed by atoms with Gasteiger partial charge in [-0.3, -0.25) is 0 Å². The number of carboxylic acid groups (broad SMARTS) is 1. The Labute approximate surface area is 222 Å². The average molecular weight is 564 g/mol. The molecule has 2 amide bonds. The number of nitrogens with zero attached hydrogens (tertiary/aromatic N) is 2. The molecule has 1 heterocycles. The van der Waals surface area contributed by atoms with Gasteiger partial charge in [-0.25, -0.2) is 22.8 Å². The Morgan fingerprint density at radius 1 is 1.05 bits per heavy atom. The summed E-state index contributed by atoms with van der Waals surface area (Å²) in [5, 5.41) is 9.96. The van der Waals surface area contributed by atoms with Crippen LogP contribution in [0.5, 0.6) is 5.75 Å². The fourth-order valence-electron chi connectivity index (χ4n) is 3.79. The molecule has 1 aliphatic rings. The fraction of sp³-hybridized carbons (Fsp3) is 0.462. The number of benzene rings is 2. The van der Waals surface area contributed by atoms with E-state index >= 15 is 0 Å². The van der Waals surface area contributed by atoms with E-state index in [4.69, 9.17) is 14.6 Å². The molecule has 2 aromatic carbocycles. The lowest BCUT2D eigenvalue weighted by Crippen LogP contribution is -2.49. The number of carboxylic acids is 1. The van der Waals surface area contributed by atoms with Crippen LogP contribution in [0.1, 0.15) is 37.8 Å². The number of piperidine rings is 1. The number of carbonyl (C=O) groups is 2. The maximum Gasteiger partial charge on any atom is 0.490 e. The van der Waals surface area contributed by atoms with Crippen molar-refractivity contribution in [3.05, 3.63) is 65.0 Å². The molecule has 1 fully saturated rings. The number of rotatable bonds is 7. The SMILES string of the molecule is CC(C)Oc1ccc(CNC(=O)N(Cc2c(F)ccc(F)c2F)C2CCN(C)CC2)cc1.O=C(O)C(F)(F)F. The third kappa shape index (κ3) is 9.97. The maximum absolute atomic E-state index is 14.3. The average Bonchev–Trinajstić information content (AvgIpc) is 2.86. The highest BCUT2D eigenvalue weighted by Gasteiger charge is 2.38. The van der Waals surface area contributed by atoms with Gasteiger partial charge in [-0.05, 0) is 76.7 Å². The van der Waals surface area contributed by atoms with E-state index in [9.17, 15) is 31.1 Å². The molecule has 2 N–H and O–H groups in total. The van der Waals surface area contributed by atoms with Gasteiger partial charge in [-0.15, -0.1) is 0 Å². The highest BCUT2D eigenvalue weighted by atomic mass is 19.4. The molecule has 0 saturated carbocycles. The number of halogens is 6. The quantitative estimate of drug-likeness (QED) is 0.352. The molecule has 13 heteroatoms. The first kappa shape index (κ1) is 31.7. The summed E-state index contributed by atoms with van der Waals surface area (Å²) >= 11 is 0. The van der Waals surface area contributed by atoms with Crippen molar-refractivity contribution in [3.8, 4) is 5.75 Å². The first-order valence-corrected chi connectivity index (χ1v) is 12.1. The number of nitrogens with one attached hydrogen (secondary N) is 1. The van der Waals surface area contributed by atoms with E-state index in [1.165, 1.54) is 4.90 Å². The standard InChI is InChI=1S/C24H30F3N3O2.C2HF3O2/c1-16(2)32-19-6-4-17(5-7-19)14-28-24(31)30(18-10-12-29(3)13-11-18)15-20-21(25)8-9-22(26)23(20)27;3-2(4,5)1(6)7/h4-9,16,18H,10-15H2,1-3H3,(H,28,31);(H,6,7). The highest BCUT2D eigenvalue weighted by Crippen LogP contribution is 2.23. The molecule has 3 rings (SSSR count). The molecule has 7 nitrogen and oxygen atoms in total. The van der Waals surface area contributed by atoms with Gasteiger partial charge in [-0.1, -0.05) is 12.1 Å². The van der Waals surface area contributed by atoms with Crippen molar-refractivity contribution in [1.82, 2.24) is 15.1 Å². The molecule has 0 radical (unpaired) electrons. The zero-order valence-corrected chi connectivity index (χ0v) is 21.7. The molecule has 0 atom stereocenters. The molecule has 2 aromatic rings. The summed E-state index contributed by atoms with van der Waals surface area (Å²) in [6.07, 6.45) is -3.68. The smallest absolute Gasteiger partial charge is 0.490 e. The molecule has 0 spiro atoms. The molecule has 1 aliphatic heterocycles. The maximum atomic E-state index is 14.3. The number of hydrogen-bond donors (Lipinski definition) is 2. The molecule has 0 aromatic heterocycles. The minimum atomic E-state index is -5.08. The zero-order valence-electron chi connectivity index (χ0n) is 21.7. The van der Waals surface area contributed by atoms with Gasteiger partial charge < -0.3 is 25.0 Å². The minimum Gasteiger partial charge on any atom is -0.491 e. The molecule has 1 saturated heterocycles. The first-order valence-electron chi connectivity index (χ1n) is 12.1. The van der Waals surface area contributed by atoms with Gasteiger partial charge in [0, 0.05) is 18.2 Å². The van der Waals surface area contributed by atoms with Gasteiger partial charge in [0.2, 0.25) is 0 Å². The number of urea groups is 1. The number of carbonyl (C=O) groups excluding carboxylic acids is 1.